The Hall–Kier alpha value is -8.18. The van der Waals surface area contributed by atoms with Gasteiger partial charge < -0.3 is 51.0 Å². The van der Waals surface area contributed by atoms with Crippen LogP contribution in [0.25, 0.3) is 22.3 Å². The van der Waals surface area contributed by atoms with Crippen LogP contribution in [0.5, 0.6) is 0 Å². The molecule has 2 aromatic heterocycles. The number of nitrogens with zero attached hydrogens (tertiary/aromatic N) is 3. The van der Waals surface area contributed by atoms with Gasteiger partial charge in [0.05, 0.1) is 60.8 Å². The molecule has 5 heterocycles. The summed E-state index contributed by atoms with van der Waals surface area (Å²) in [5.74, 6) is -5.68. The van der Waals surface area contributed by atoms with E-state index >= 15 is 4.39 Å². The molecule has 0 unspecified atom stereocenters. The first-order valence-corrected chi connectivity index (χ1v) is 25.6. The Morgan fingerprint density at radius 2 is 1.57 bits per heavy atom. The maximum absolute atomic E-state index is 15.4. The monoisotopic (exact) mass is 1060 g/mol. The van der Waals surface area contributed by atoms with Crippen LogP contribution in [0.1, 0.15) is 96.9 Å². The fourth-order valence-corrected chi connectivity index (χ4v) is 10.4. The van der Waals surface area contributed by atoms with Crippen LogP contribution in [-0.4, -0.2) is 118 Å². The number of hydrogen-bond donors (Lipinski definition) is 7. The summed E-state index contributed by atoms with van der Waals surface area (Å²) < 4.78 is 27.8. The lowest BCUT2D eigenvalue weighted by atomic mass is 9.79. The maximum atomic E-state index is 15.4. The van der Waals surface area contributed by atoms with Gasteiger partial charge in [-0.05, 0) is 80.7 Å². The van der Waals surface area contributed by atoms with Crippen molar-refractivity contribution in [3.8, 4) is 11.4 Å². The number of aliphatic hydroxyl groups is 1. The van der Waals surface area contributed by atoms with E-state index in [2.05, 4.69) is 31.9 Å². The molecule has 0 saturated heterocycles. The van der Waals surface area contributed by atoms with Crippen LogP contribution in [0, 0.1) is 18.7 Å². The molecule has 7 N–H and O–H groups in total. The first kappa shape index (κ1) is 53.6. The molecule has 1 saturated carbocycles. The molecule has 23 heteroatoms. The molecule has 0 radical (unpaired) electrons. The minimum atomic E-state index is -2.07. The highest BCUT2D eigenvalue weighted by atomic mass is 19.1. The van der Waals surface area contributed by atoms with Crippen LogP contribution in [0.2, 0.25) is 0 Å². The SMILES string of the molecule is Cc1c(F)cc2nc3c(c4c2c1CC[C@@H]4NC(=O)C1CC(OCNC(=O)CNC(=O)[C@H](Cc2ccccc2)NC(=O)CNC(=O)CNC(=O)CCCCCN2C(=O)C=CC2=O)C1)Cn1c-3cc2c(c1=O)COC(=O)[C@@]2(C)O. The Morgan fingerprint density at radius 3 is 2.32 bits per heavy atom. The second kappa shape index (κ2) is 22.6. The molecule has 0 spiro atoms. The third-order valence-corrected chi connectivity index (χ3v) is 14.8. The molecule has 22 nitrogen and oxygen atoms in total. The van der Waals surface area contributed by atoms with Crippen LogP contribution < -0.4 is 37.5 Å². The Labute approximate surface area is 439 Å². The molecule has 77 heavy (non-hydrogen) atoms. The second-order valence-corrected chi connectivity index (χ2v) is 20.0. The molecule has 2 aromatic carbocycles. The van der Waals surface area contributed by atoms with Gasteiger partial charge in [0, 0.05) is 60.0 Å². The first-order valence-electron chi connectivity index (χ1n) is 25.6. The zero-order chi connectivity index (χ0) is 54.7. The summed E-state index contributed by atoms with van der Waals surface area (Å²) in [4.78, 5) is 133. The summed E-state index contributed by atoms with van der Waals surface area (Å²) in [5, 5.41) is 27.6. The van der Waals surface area contributed by atoms with E-state index in [9.17, 15) is 53.1 Å². The topological polar surface area (TPSA) is 303 Å². The van der Waals surface area contributed by atoms with Crippen molar-refractivity contribution in [2.75, 3.05) is 32.9 Å². The number of amides is 8. The van der Waals surface area contributed by atoms with Gasteiger partial charge in [-0.2, -0.15) is 0 Å². The normalized spacial score (nSPS) is 20.0. The molecular formula is C54H58FN9O13. The number of rotatable bonds is 21. The zero-order valence-electron chi connectivity index (χ0n) is 42.4. The predicted octanol–water partition coefficient (Wildman–Crippen LogP) is 0.671. The van der Waals surface area contributed by atoms with E-state index in [1.54, 1.807) is 43.3 Å². The minimum absolute atomic E-state index is 0.0657. The summed E-state index contributed by atoms with van der Waals surface area (Å²) in [6, 6.07) is 10.1. The number of fused-ring (bicyclic) bond motifs is 5. The number of halogens is 1. The Bertz CT molecular complexity index is 3190. The number of cyclic esters (lactones) is 1. The van der Waals surface area contributed by atoms with Crippen molar-refractivity contribution in [1.82, 2.24) is 46.4 Å². The number of aryl methyl sites for hydroxylation is 1. The van der Waals surface area contributed by atoms with Crippen LogP contribution >= 0.6 is 0 Å². The average Bonchev–Trinajstić information content (AvgIpc) is 3.93. The molecule has 0 bridgehead atoms. The number of imide groups is 1. The summed E-state index contributed by atoms with van der Waals surface area (Å²) in [7, 11) is 0. The van der Waals surface area contributed by atoms with Crippen molar-refractivity contribution < 1.29 is 62.1 Å². The van der Waals surface area contributed by atoms with Crippen molar-refractivity contribution in [2.45, 2.75) is 109 Å². The standard InChI is InChI=1S/C54H58FN9O13/c1-28-32-12-13-37(48-33-25-64-40(49(33)61-38(47(32)48)21-36(28)55)20-35-34(52(64)73)26-76-53(74)54(35,2)75)62-50(71)30-18-31(19-30)77-27-59-43(67)23-58-51(72)39(17-29-9-5-3-6-10-29)60-44(68)24-57-42(66)22-56-41(65)11-7-4-8-16-63-45(69)14-15-46(63)70/h3,5-6,9-10,14-15,20-21,30-31,37,39,75H,4,7-8,11-13,16-19,22-27H2,1-2H3,(H,56,65)(H,57,66)(H,58,72)(H,59,67)(H,60,68)(H,62,71)/t30?,31?,37-,39-,54-/m0/s1. The molecule has 1 fully saturated rings. The lowest BCUT2D eigenvalue weighted by molar-refractivity contribution is -0.169. The summed E-state index contributed by atoms with van der Waals surface area (Å²) in [5.41, 5.74) is 2.21. The number of hydrogen-bond acceptors (Lipinski definition) is 14. The zero-order valence-corrected chi connectivity index (χ0v) is 42.4. The third-order valence-electron chi connectivity index (χ3n) is 14.8. The molecule has 8 amide bonds. The molecule has 5 aliphatic rings. The number of pyridine rings is 2. The maximum Gasteiger partial charge on any atom is 0.342 e. The predicted molar refractivity (Wildman–Crippen MR) is 270 cm³/mol. The highest BCUT2D eigenvalue weighted by Gasteiger charge is 2.44. The van der Waals surface area contributed by atoms with Crippen molar-refractivity contribution in [3.63, 3.8) is 0 Å². The number of unbranched alkanes of at least 4 members (excludes halogenated alkanes) is 2. The van der Waals surface area contributed by atoms with Crippen molar-refractivity contribution >= 4 is 64.1 Å². The van der Waals surface area contributed by atoms with Gasteiger partial charge in [-0.3, -0.25) is 48.1 Å². The average molecular weight is 1060 g/mol. The van der Waals surface area contributed by atoms with Crippen molar-refractivity contribution in [3.05, 3.63) is 110 Å². The minimum Gasteiger partial charge on any atom is -0.458 e. The van der Waals surface area contributed by atoms with Crippen molar-refractivity contribution in [1.29, 1.82) is 0 Å². The molecular weight excluding hydrogens is 1000 g/mol. The lowest BCUT2D eigenvalue weighted by Crippen LogP contribution is -2.52. The van der Waals surface area contributed by atoms with Gasteiger partial charge in [-0.25, -0.2) is 14.2 Å². The summed E-state index contributed by atoms with van der Waals surface area (Å²) >= 11 is 0. The largest absolute Gasteiger partial charge is 0.458 e. The fourth-order valence-electron chi connectivity index (χ4n) is 10.4. The van der Waals surface area contributed by atoms with E-state index in [4.69, 9.17) is 14.5 Å². The number of aromatic nitrogens is 2. The molecule has 3 aliphatic heterocycles. The van der Waals surface area contributed by atoms with E-state index in [0.717, 1.165) is 16.0 Å². The van der Waals surface area contributed by atoms with Gasteiger partial charge in [-0.1, -0.05) is 36.8 Å². The molecule has 4 aromatic rings. The number of carbonyl (C=O) groups is 9. The Kier molecular flexibility index (Phi) is 15.7. The first-order chi connectivity index (χ1) is 36.9. The molecule has 2 aliphatic carbocycles. The lowest BCUT2D eigenvalue weighted by Gasteiger charge is -2.36. The number of esters is 1. The van der Waals surface area contributed by atoms with Crippen LogP contribution in [-0.2, 0) is 84.2 Å². The third kappa shape index (κ3) is 11.5. The van der Waals surface area contributed by atoms with Crippen LogP contribution in [0.4, 0.5) is 4.39 Å². The van der Waals surface area contributed by atoms with E-state index < -0.39 is 90.1 Å². The van der Waals surface area contributed by atoms with Gasteiger partial charge in [0.1, 0.15) is 25.2 Å². The Balaban J connectivity index is 0.720. The van der Waals surface area contributed by atoms with Crippen LogP contribution in [0.3, 0.4) is 0 Å². The van der Waals surface area contributed by atoms with Gasteiger partial charge in [-0.15, -0.1) is 0 Å². The van der Waals surface area contributed by atoms with Gasteiger partial charge >= 0.3 is 5.97 Å². The molecule has 404 valence electrons. The molecule has 9 rings (SSSR count). The quantitative estimate of drug-likeness (QED) is 0.0230. The smallest absolute Gasteiger partial charge is 0.342 e. The highest BCUT2D eigenvalue weighted by Crippen LogP contribution is 2.46. The van der Waals surface area contributed by atoms with Gasteiger partial charge in [0.2, 0.25) is 35.4 Å². The number of carbonyl (C=O) groups excluding carboxylic acids is 9. The summed E-state index contributed by atoms with van der Waals surface area (Å²) in [6.07, 6.45) is 5.43. The van der Waals surface area contributed by atoms with E-state index in [-0.39, 0.29) is 74.2 Å². The number of benzene rings is 2. The second-order valence-electron chi connectivity index (χ2n) is 20.0. The van der Waals surface area contributed by atoms with E-state index in [1.807, 2.05) is 0 Å². The highest BCUT2D eigenvalue weighted by molar-refractivity contribution is 6.12. The Morgan fingerprint density at radius 1 is 0.870 bits per heavy atom. The van der Waals surface area contributed by atoms with E-state index in [1.165, 1.54) is 29.7 Å². The van der Waals surface area contributed by atoms with E-state index in [0.29, 0.717) is 83.9 Å². The fraction of sp³-hybridized carbons (Fsp3) is 0.426. The number of ether oxygens (including phenoxy) is 2. The number of nitrogens with one attached hydrogen (secondary N) is 6. The van der Waals surface area contributed by atoms with Gasteiger partial charge in [0.15, 0.2) is 5.60 Å². The molecule has 3 atom stereocenters. The van der Waals surface area contributed by atoms with Crippen molar-refractivity contribution in [2.24, 2.45) is 5.92 Å². The van der Waals surface area contributed by atoms with Gasteiger partial charge in [0.25, 0.3) is 17.4 Å². The summed E-state index contributed by atoms with van der Waals surface area (Å²) in [6.45, 7) is 1.46. The van der Waals surface area contributed by atoms with Crippen LogP contribution in [0.15, 0.2) is 59.4 Å².